The van der Waals surface area contributed by atoms with Gasteiger partial charge in [0.05, 0.1) is 7.85 Å². The van der Waals surface area contributed by atoms with Crippen LogP contribution in [0.4, 0.5) is 0 Å². The second kappa shape index (κ2) is 8.80. The molecule has 10 heavy (non-hydrogen) atoms. The Hall–Kier alpha value is -0.195. The predicted molar refractivity (Wildman–Crippen MR) is 48.5 cm³/mol. The first-order valence-corrected chi connectivity index (χ1v) is 4.27. The Balaban J connectivity index is 2.88. The smallest absolute Gasteiger partial charge is 0.0657 e. The van der Waals surface area contributed by atoms with Gasteiger partial charge in [-0.3, -0.25) is 0 Å². The van der Waals surface area contributed by atoms with Crippen LogP contribution in [0.1, 0.15) is 39.0 Å². The first kappa shape index (κ1) is 9.80. The topological polar surface area (TPSA) is 0 Å². The van der Waals surface area contributed by atoms with E-state index in [0.717, 1.165) is 12.7 Å². The van der Waals surface area contributed by atoms with E-state index in [1.807, 2.05) is 0 Å². The molecule has 0 heterocycles. The summed E-state index contributed by atoms with van der Waals surface area (Å²) in [6.07, 6.45) is 11.5. The molecule has 0 aromatic rings. The van der Waals surface area contributed by atoms with Gasteiger partial charge in [0.2, 0.25) is 0 Å². The number of hydrogen-bond acceptors (Lipinski definition) is 0. The lowest BCUT2D eigenvalue weighted by Gasteiger charge is -1.90. The molecule has 0 N–H and O–H groups in total. The fourth-order valence-electron chi connectivity index (χ4n) is 0.844. The summed E-state index contributed by atoms with van der Waals surface area (Å²) in [7, 11) is 5.32. The highest BCUT2D eigenvalue weighted by Gasteiger charge is 1.80. The molecule has 0 spiro atoms. The lowest BCUT2D eigenvalue weighted by Crippen LogP contribution is -1.71. The summed E-state index contributed by atoms with van der Waals surface area (Å²) >= 11 is 0. The Morgan fingerprint density at radius 3 is 2.40 bits per heavy atom. The van der Waals surface area contributed by atoms with Crippen molar-refractivity contribution in [2.75, 3.05) is 0 Å². The van der Waals surface area contributed by atoms with E-state index in [0.29, 0.717) is 0 Å². The standard InChI is InChI=1S/C9H17B/c1-2-3-4-5-6-7-8-9-10/h6-7H,2-5,8-9H2,1H3/b7-6-. The highest BCUT2D eigenvalue weighted by Crippen LogP contribution is 2.00. The number of rotatable bonds is 6. The van der Waals surface area contributed by atoms with E-state index in [1.165, 1.54) is 25.7 Å². The van der Waals surface area contributed by atoms with Crippen molar-refractivity contribution < 1.29 is 0 Å². The summed E-state index contributed by atoms with van der Waals surface area (Å²) in [5, 5.41) is 0. The molecule has 0 aliphatic heterocycles. The van der Waals surface area contributed by atoms with E-state index in [4.69, 9.17) is 7.85 Å². The minimum Gasteiger partial charge on any atom is -0.0893 e. The van der Waals surface area contributed by atoms with Gasteiger partial charge in [0.15, 0.2) is 0 Å². The van der Waals surface area contributed by atoms with Crippen LogP contribution in [0.2, 0.25) is 6.32 Å². The fourth-order valence-corrected chi connectivity index (χ4v) is 0.844. The van der Waals surface area contributed by atoms with E-state index in [1.54, 1.807) is 0 Å². The molecule has 0 atom stereocenters. The maximum Gasteiger partial charge on any atom is 0.0657 e. The molecule has 0 saturated carbocycles. The summed E-state index contributed by atoms with van der Waals surface area (Å²) in [5.74, 6) is 0. The van der Waals surface area contributed by atoms with Gasteiger partial charge in [-0.2, -0.15) is 0 Å². The van der Waals surface area contributed by atoms with Crippen molar-refractivity contribution in [3.63, 3.8) is 0 Å². The van der Waals surface area contributed by atoms with E-state index in [9.17, 15) is 0 Å². The Morgan fingerprint density at radius 2 is 1.80 bits per heavy atom. The van der Waals surface area contributed by atoms with Crippen molar-refractivity contribution >= 4 is 7.85 Å². The molecule has 0 nitrogen and oxygen atoms in total. The van der Waals surface area contributed by atoms with Gasteiger partial charge in [-0.05, 0) is 19.3 Å². The largest absolute Gasteiger partial charge is 0.0893 e. The second-order valence-electron chi connectivity index (χ2n) is 2.54. The molecule has 0 rings (SSSR count). The Labute approximate surface area is 66.1 Å². The fraction of sp³-hybridized carbons (Fsp3) is 0.778. The average Bonchev–Trinajstić information content (AvgIpc) is 1.97. The number of allylic oxidation sites excluding steroid dienone is 2. The summed E-state index contributed by atoms with van der Waals surface area (Å²) in [4.78, 5) is 0. The molecule has 0 saturated heterocycles. The van der Waals surface area contributed by atoms with E-state index < -0.39 is 0 Å². The van der Waals surface area contributed by atoms with Crippen LogP contribution < -0.4 is 0 Å². The lowest BCUT2D eigenvalue weighted by molar-refractivity contribution is 0.728. The monoisotopic (exact) mass is 136 g/mol. The van der Waals surface area contributed by atoms with Crippen LogP contribution in [0, 0.1) is 0 Å². The van der Waals surface area contributed by atoms with Crippen LogP contribution >= 0.6 is 0 Å². The van der Waals surface area contributed by atoms with Gasteiger partial charge in [-0.25, -0.2) is 0 Å². The van der Waals surface area contributed by atoms with Gasteiger partial charge in [0.1, 0.15) is 0 Å². The summed E-state index contributed by atoms with van der Waals surface area (Å²) in [6.45, 7) is 2.23. The minimum absolute atomic E-state index is 0.782. The zero-order valence-electron chi connectivity index (χ0n) is 6.97. The van der Waals surface area contributed by atoms with E-state index >= 15 is 0 Å². The third-order valence-electron chi connectivity index (χ3n) is 1.47. The van der Waals surface area contributed by atoms with Crippen LogP contribution in [-0.4, -0.2) is 7.85 Å². The van der Waals surface area contributed by atoms with Crippen molar-refractivity contribution in [1.29, 1.82) is 0 Å². The zero-order valence-corrected chi connectivity index (χ0v) is 6.97. The number of unbranched alkanes of at least 4 members (excludes halogenated alkanes) is 3. The Morgan fingerprint density at radius 1 is 1.10 bits per heavy atom. The molecular formula is C9H17B. The molecule has 1 heteroatoms. The van der Waals surface area contributed by atoms with Crippen LogP contribution in [0.3, 0.4) is 0 Å². The molecule has 0 unspecified atom stereocenters. The van der Waals surface area contributed by atoms with E-state index in [-0.39, 0.29) is 0 Å². The maximum atomic E-state index is 5.32. The van der Waals surface area contributed by atoms with Crippen molar-refractivity contribution in [2.24, 2.45) is 0 Å². The Bertz CT molecular complexity index is 76.8. The maximum absolute atomic E-state index is 5.32. The third-order valence-corrected chi connectivity index (χ3v) is 1.47. The molecule has 0 fully saturated rings. The van der Waals surface area contributed by atoms with Crippen LogP contribution in [0.15, 0.2) is 12.2 Å². The predicted octanol–water partition coefficient (Wildman–Crippen LogP) is 3.10. The SMILES string of the molecule is [B]CC/C=C\CCCCC. The van der Waals surface area contributed by atoms with Crippen molar-refractivity contribution in [1.82, 2.24) is 0 Å². The third kappa shape index (κ3) is 7.80. The molecule has 0 amide bonds. The molecular weight excluding hydrogens is 119 g/mol. The van der Waals surface area contributed by atoms with Crippen molar-refractivity contribution in [2.45, 2.75) is 45.3 Å². The molecule has 0 aromatic carbocycles. The lowest BCUT2D eigenvalue weighted by atomic mass is 10.0. The quantitative estimate of drug-likeness (QED) is 0.299. The van der Waals surface area contributed by atoms with Crippen molar-refractivity contribution in [3.05, 3.63) is 12.2 Å². The van der Waals surface area contributed by atoms with Gasteiger partial charge in [0.25, 0.3) is 0 Å². The second-order valence-corrected chi connectivity index (χ2v) is 2.54. The normalized spacial score (nSPS) is 10.9. The van der Waals surface area contributed by atoms with Gasteiger partial charge in [-0.1, -0.05) is 38.2 Å². The van der Waals surface area contributed by atoms with Gasteiger partial charge >= 0.3 is 0 Å². The molecule has 56 valence electrons. The number of hydrogen-bond donors (Lipinski definition) is 0. The summed E-state index contributed by atoms with van der Waals surface area (Å²) in [5.41, 5.74) is 0. The molecule has 0 bridgehead atoms. The van der Waals surface area contributed by atoms with E-state index in [2.05, 4.69) is 19.1 Å². The van der Waals surface area contributed by atoms with Gasteiger partial charge in [-0.15, -0.1) is 0 Å². The van der Waals surface area contributed by atoms with Crippen molar-refractivity contribution in [3.8, 4) is 0 Å². The molecule has 0 aromatic heterocycles. The average molecular weight is 136 g/mol. The highest BCUT2D eigenvalue weighted by atomic mass is 13.9. The highest BCUT2D eigenvalue weighted by molar-refractivity contribution is 6.08. The van der Waals surface area contributed by atoms with Gasteiger partial charge < -0.3 is 0 Å². The first-order valence-electron chi connectivity index (χ1n) is 4.27. The Kier molecular flexibility index (Phi) is 8.63. The van der Waals surface area contributed by atoms with Crippen LogP contribution in [0.5, 0.6) is 0 Å². The van der Waals surface area contributed by atoms with Crippen LogP contribution in [0.25, 0.3) is 0 Å². The zero-order chi connectivity index (χ0) is 7.66. The summed E-state index contributed by atoms with van der Waals surface area (Å²) in [6, 6.07) is 0. The van der Waals surface area contributed by atoms with Gasteiger partial charge in [0, 0.05) is 0 Å². The van der Waals surface area contributed by atoms with Crippen LogP contribution in [-0.2, 0) is 0 Å². The first-order chi connectivity index (χ1) is 4.91. The molecule has 2 radical (unpaired) electrons. The minimum atomic E-state index is 0.782. The summed E-state index contributed by atoms with van der Waals surface area (Å²) < 4.78 is 0. The molecule has 0 aliphatic rings. The molecule has 0 aliphatic carbocycles.